The van der Waals surface area contributed by atoms with Gasteiger partial charge < -0.3 is 9.47 Å². The van der Waals surface area contributed by atoms with E-state index in [-0.39, 0.29) is 24.5 Å². The quantitative estimate of drug-likeness (QED) is 0.177. The fourth-order valence-corrected chi connectivity index (χ4v) is 3.75. The molecule has 33 heavy (non-hydrogen) atoms. The summed E-state index contributed by atoms with van der Waals surface area (Å²) in [6, 6.07) is 15.6. The van der Waals surface area contributed by atoms with Crippen molar-refractivity contribution in [2.45, 2.75) is 13.0 Å². The summed E-state index contributed by atoms with van der Waals surface area (Å²) in [6.07, 6.45) is 1.25. The van der Waals surface area contributed by atoms with Crippen molar-refractivity contribution in [3.63, 3.8) is 0 Å². The summed E-state index contributed by atoms with van der Waals surface area (Å²) in [7, 11) is 1.50. The number of ether oxygens (including phenoxy) is 2. The molecule has 3 rings (SSSR count). The van der Waals surface area contributed by atoms with E-state index in [0.29, 0.717) is 28.2 Å². The maximum absolute atomic E-state index is 13.4. The smallest absolute Gasteiger partial charge is 0.273 e. The first-order chi connectivity index (χ1) is 15.9. The van der Waals surface area contributed by atoms with Crippen molar-refractivity contribution in [1.29, 1.82) is 0 Å². The first-order valence-corrected chi connectivity index (χ1v) is 10.7. The summed E-state index contributed by atoms with van der Waals surface area (Å²) in [5, 5.41) is 15.0. The average Bonchev–Trinajstić information content (AvgIpc) is 2.78. The van der Waals surface area contributed by atoms with Crippen molar-refractivity contribution in [1.82, 2.24) is 5.43 Å². The van der Waals surface area contributed by atoms with E-state index < -0.39 is 10.8 Å². The molecule has 0 bridgehead atoms. The van der Waals surface area contributed by atoms with Crippen LogP contribution in [-0.4, -0.2) is 24.2 Å². The number of methoxy groups -OCH3 is 1. The molecule has 1 N–H and O–H groups in total. The lowest BCUT2D eigenvalue weighted by molar-refractivity contribution is -0.385. The van der Waals surface area contributed by atoms with E-state index >= 15 is 0 Å². The Morgan fingerprint density at radius 3 is 2.73 bits per heavy atom. The van der Waals surface area contributed by atoms with Crippen molar-refractivity contribution in [2.24, 2.45) is 5.10 Å². The van der Waals surface area contributed by atoms with E-state index in [2.05, 4.69) is 33.1 Å². The van der Waals surface area contributed by atoms with Gasteiger partial charge >= 0.3 is 0 Å². The number of benzene rings is 3. The number of hydrazone groups is 1. The van der Waals surface area contributed by atoms with Gasteiger partial charge in [0.2, 0.25) is 5.91 Å². The standard InChI is InChI=1S/C23H19FIN3O5/c1-32-21-11-16(10-19(25)23(21)33-14-15-5-4-7-18(24)9-15)13-26-27-22(29)12-17-6-2-3-8-20(17)28(30)31/h2-11,13H,12,14H2,1H3,(H,27,29)/b26-13+. The van der Waals surface area contributed by atoms with Crippen LogP contribution in [0.4, 0.5) is 10.1 Å². The molecule has 0 saturated heterocycles. The summed E-state index contributed by atoms with van der Waals surface area (Å²) in [5.74, 6) is 0.122. The second-order valence-electron chi connectivity index (χ2n) is 6.81. The maximum atomic E-state index is 13.4. The van der Waals surface area contributed by atoms with E-state index in [1.165, 1.54) is 43.7 Å². The van der Waals surface area contributed by atoms with Crippen molar-refractivity contribution in [3.05, 3.63) is 96.9 Å². The summed E-state index contributed by atoms with van der Waals surface area (Å²) in [4.78, 5) is 22.7. The van der Waals surface area contributed by atoms with Gasteiger partial charge in [0.25, 0.3) is 5.69 Å². The number of amides is 1. The molecular weight excluding hydrogens is 544 g/mol. The highest BCUT2D eigenvalue weighted by Crippen LogP contribution is 2.34. The molecule has 1 amide bonds. The Bertz CT molecular complexity index is 1200. The van der Waals surface area contributed by atoms with Gasteiger partial charge in [0.1, 0.15) is 12.4 Å². The SMILES string of the molecule is COc1cc(/C=N/NC(=O)Cc2ccccc2[N+](=O)[O-])cc(I)c1OCc1cccc(F)c1. The molecule has 0 aromatic heterocycles. The second kappa shape index (κ2) is 11.4. The van der Waals surface area contributed by atoms with Crippen molar-refractivity contribution in [2.75, 3.05) is 7.11 Å². The molecule has 0 saturated carbocycles. The molecule has 0 heterocycles. The summed E-state index contributed by atoms with van der Waals surface area (Å²) in [6.45, 7) is 0.166. The third-order valence-corrected chi connectivity index (χ3v) is 5.27. The third kappa shape index (κ3) is 6.72. The van der Waals surface area contributed by atoms with Gasteiger partial charge in [0.15, 0.2) is 11.5 Å². The second-order valence-corrected chi connectivity index (χ2v) is 7.97. The Labute approximate surface area is 202 Å². The molecule has 8 nitrogen and oxygen atoms in total. The van der Waals surface area contributed by atoms with E-state index in [9.17, 15) is 19.3 Å². The van der Waals surface area contributed by atoms with Crippen molar-refractivity contribution in [3.8, 4) is 11.5 Å². The number of rotatable bonds is 9. The van der Waals surface area contributed by atoms with Gasteiger partial charge in [-0.3, -0.25) is 14.9 Å². The third-order valence-electron chi connectivity index (χ3n) is 4.47. The highest BCUT2D eigenvalue weighted by Gasteiger charge is 2.15. The molecule has 0 radical (unpaired) electrons. The molecule has 0 aliphatic rings. The normalized spacial score (nSPS) is 10.8. The first kappa shape index (κ1) is 24.1. The van der Waals surface area contributed by atoms with Crippen LogP contribution in [0.15, 0.2) is 65.8 Å². The minimum atomic E-state index is -0.530. The molecule has 0 aliphatic heterocycles. The lowest BCUT2D eigenvalue weighted by atomic mass is 10.1. The van der Waals surface area contributed by atoms with Gasteiger partial charge in [-0.15, -0.1) is 0 Å². The highest BCUT2D eigenvalue weighted by molar-refractivity contribution is 14.1. The van der Waals surface area contributed by atoms with E-state index in [4.69, 9.17) is 9.47 Å². The van der Waals surface area contributed by atoms with E-state index in [1.807, 2.05) is 0 Å². The fourth-order valence-electron chi connectivity index (χ4n) is 2.97. The molecule has 3 aromatic rings. The minimum Gasteiger partial charge on any atom is -0.493 e. The van der Waals surface area contributed by atoms with Gasteiger partial charge in [0.05, 0.1) is 28.2 Å². The first-order valence-electron chi connectivity index (χ1n) is 9.66. The van der Waals surface area contributed by atoms with Crippen LogP contribution < -0.4 is 14.9 Å². The molecule has 0 fully saturated rings. The maximum Gasteiger partial charge on any atom is 0.273 e. The van der Waals surface area contributed by atoms with Gasteiger partial charge in [-0.1, -0.05) is 30.3 Å². The Morgan fingerprint density at radius 2 is 2.00 bits per heavy atom. The number of hydrogen-bond donors (Lipinski definition) is 1. The monoisotopic (exact) mass is 563 g/mol. The predicted octanol–water partition coefficient (Wildman–Crippen LogP) is 4.62. The van der Waals surface area contributed by atoms with Crippen LogP contribution in [0.2, 0.25) is 0 Å². The van der Waals surface area contributed by atoms with Gasteiger partial charge in [-0.25, -0.2) is 9.82 Å². The van der Waals surface area contributed by atoms with Crippen molar-refractivity contribution >= 4 is 40.4 Å². The fraction of sp³-hybridized carbons (Fsp3) is 0.130. The van der Waals surface area contributed by atoms with Crippen LogP contribution >= 0.6 is 22.6 Å². The highest BCUT2D eigenvalue weighted by atomic mass is 127. The Morgan fingerprint density at radius 1 is 1.21 bits per heavy atom. The van der Waals surface area contributed by atoms with Crippen molar-refractivity contribution < 1.29 is 23.6 Å². The number of para-hydroxylation sites is 1. The largest absolute Gasteiger partial charge is 0.493 e. The van der Waals surface area contributed by atoms with Gasteiger partial charge in [-0.05, 0) is 58.0 Å². The number of halogens is 2. The molecule has 3 aromatic carbocycles. The molecule has 10 heteroatoms. The Balaban J connectivity index is 1.65. The molecule has 0 atom stereocenters. The number of hydrogen-bond acceptors (Lipinski definition) is 6. The Hall–Kier alpha value is -3.54. The molecule has 0 aliphatic carbocycles. The summed E-state index contributed by atoms with van der Waals surface area (Å²) in [5.41, 5.74) is 3.86. The zero-order valence-electron chi connectivity index (χ0n) is 17.5. The molecular formula is C23H19FIN3O5. The molecule has 170 valence electrons. The van der Waals surface area contributed by atoms with Crippen LogP contribution in [0, 0.1) is 19.5 Å². The lowest BCUT2D eigenvalue weighted by Crippen LogP contribution is -2.20. The summed E-state index contributed by atoms with van der Waals surface area (Å²) >= 11 is 2.08. The van der Waals surface area contributed by atoms with E-state index in [1.54, 1.807) is 30.3 Å². The zero-order chi connectivity index (χ0) is 23.8. The molecule has 0 spiro atoms. The molecule has 0 unspecified atom stereocenters. The minimum absolute atomic E-state index is 0.121. The van der Waals surface area contributed by atoms with Crippen LogP contribution in [0.25, 0.3) is 0 Å². The lowest BCUT2D eigenvalue weighted by Gasteiger charge is -2.13. The summed E-state index contributed by atoms with van der Waals surface area (Å²) < 4.78 is 25.3. The number of nitrogens with one attached hydrogen (secondary N) is 1. The van der Waals surface area contributed by atoms with Gasteiger partial charge in [-0.2, -0.15) is 5.10 Å². The average molecular weight is 563 g/mol. The van der Waals surface area contributed by atoms with Crippen LogP contribution in [0.5, 0.6) is 11.5 Å². The number of nitro benzene ring substituents is 1. The number of carbonyl (C=O) groups is 1. The van der Waals surface area contributed by atoms with Crippen LogP contribution in [0.3, 0.4) is 0 Å². The van der Waals surface area contributed by atoms with E-state index in [0.717, 1.165) is 3.57 Å². The van der Waals surface area contributed by atoms with Gasteiger partial charge in [0, 0.05) is 11.6 Å². The zero-order valence-corrected chi connectivity index (χ0v) is 19.6. The number of nitrogens with zero attached hydrogens (tertiary/aromatic N) is 2. The number of carbonyl (C=O) groups excluding carboxylic acids is 1. The van der Waals surface area contributed by atoms with Crippen LogP contribution in [-0.2, 0) is 17.8 Å². The number of nitro groups is 1. The predicted molar refractivity (Wildman–Crippen MR) is 129 cm³/mol. The topological polar surface area (TPSA) is 103 Å². The Kier molecular flexibility index (Phi) is 8.30. The van der Waals surface area contributed by atoms with Crippen LogP contribution in [0.1, 0.15) is 16.7 Å².